The standard InChI is InChI=1S/C15H12BrClF2O2/c1-20-14-3-2-9(4-11(14)16)8-21-15-12(18)5-10(7-17)6-13(15)19/h2-6H,7-8H2,1H3. The first-order valence-corrected chi connectivity index (χ1v) is 7.37. The van der Waals surface area contributed by atoms with Gasteiger partial charge in [0.2, 0.25) is 0 Å². The van der Waals surface area contributed by atoms with E-state index in [1.807, 2.05) is 0 Å². The van der Waals surface area contributed by atoms with Crippen molar-refractivity contribution in [1.29, 1.82) is 0 Å². The van der Waals surface area contributed by atoms with E-state index in [0.29, 0.717) is 11.3 Å². The molecule has 21 heavy (non-hydrogen) atoms. The van der Waals surface area contributed by atoms with Crippen molar-refractivity contribution in [2.45, 2.75) is 12.5 Å². The highest BCUT2D eigenvalue weighted by Gasteiger charge is 2.13. The summed E-state index contributed by atoms with van der Waals surface area (Å²) in [5.74, 6) is -1.23. The van der Waals surface area contributed by atoms with Gasteiger partial charge < -0.3 is 9.47 Å². The Bertz CT molecular complexity index is 627. The van der Waals surface area contributed by atoms with Crippen molar-refractivity contribution in [3.8, 4) is 11.5 Å². The summed E-state index contributed by atoms with van der Waals surface area (Å²) in [5.41, 5.74) is 1.12. The molecule has 0 aliphatic heterocycles. The predicted molar refractivity (Wildman–Crippen MR) is 80.9 cm³/mol. The zero-order valence-corrected chi connectivity index (χ0v) is 13.5. The summed E-state index contributed by atoms with van der Waals surface area (Å²) < 4.78 is 38.6. The Labute approximate surface area is 134 Å². The molecule has 0 aliphatic rings. The van der Waals surface area contributed by atoms with Gasteiger partial charge in [0.05, 0.1) is 11.6 Å². The fourth-order valence-electron chi connectivity index (χ4n) is 1.78. The summed E-state index contributed by atoms with van der Waals surface area (Å²) in [5, 5.41) is 0. The Morgan fingerprint density at radius 2 is 1.76 bits per heavy atom. The van der Waals surface area contributed by atoms with Gasteiger partial charge in [0.1, 0.15) is 12.4 Å². The van der Waals surface area contributed by atoms with Crippen molar-refractivity contribution in [2.75, 3.05) is 7.11 Å². The maximum atomic E-state index is 13.7. The first-order chi connectivity index (χ1) is 10.0. The van der Waals surface area contributed by atoms with Gasteiger partial charge in [-0.1, -0.05) is 6.07 Å². The highest BCUT2D eigenvalue weighted by Crippen LogP contribution is 2.28. The van der Waals surface area contributed by atoms with E-state index >= 15 is 0 Å². The van der Waals surface area contributed by atoms with Gasteiger partial charge in [0.15, 0.2) is 17.4 Å². The van der Waals surface area contributed by atoms with Gasteiger partial charge in [0, 0.05) is 5.88 Å². The third-order valence-corrected chi connectivity index (χ3v) is 3.74. The molecule has 0 fully saturated rings. The molecule has 0 aromatic heterocycles. The molecule has 0 bridgehead atoms. The number of benzene rings is 2. The maximum Gasteiger partial charge on any atom is 0.191 e. The monoisotopic (exact) mass is 376 g/mol. The Morgan fingerprint density at radius 1 is 1.10 bits per heavy atom. The molecule has 2 aromatic carbocycles. The lowest BCUT2D eigenvalue weighted by Crippen LogP contribution is -2.01. The van der Waals surface area contributed by atoms with Crippen LogP contribution in [0.1, 0.15) is 11.1 Å². The van der Waals surface area contributed by atoms with E-state index in [0.717, 1.165) is 22.2 Å². The minimum absolute atomic E-state index is 0.0383. The molecule has 0 heterocycles. The van der Waals surface area contributed by atoms with Crippen LogP contribution in [0.15, 0.2) is 34.8 Å². The molecule has 0 saturated carbocycles. The Balaban J connectivity index is 2.15. The maximum absolute atomic E-state index is 13.7. The molecular weight excluding hydrogens is 366 g/mol. The summed E-state index contributed by atoms with van der Waals surface area (Å²) >= 11 is 8.89. The molecule has 0 atom stereocenters. The molecule has 2 rings (SSSR count). The number of methoxy groups -OCH3 is 1. The molecule has 0 N–H and O–H groups in total. The molecule has 6 heteroatoms. The number of halogens is 4. The number of hydrogen-bond donors (Lipinski definition) is 0. The number of alkyl halides is 1. The summed E-state index contributed by atoms with van der Waals surface area (Å²) in [6.45, 7) is 0.0383. The summed E-state index contributed by atoms with van der Waals surface area (Å²) in [7, 11) is 1.56. The first kappa shape index (κ1) is 16.0. The SMILES string of the molecule is COc1ccc(COc2c(F)cc(CCl)cc2F)cc1Br. The van der Waals surface area contributed by atoms with Gasteiger partial charge in [-0.2, -0.15) is 0 Å². The van der Waals surface area contributed by atoms with E-state index < -0.39 is 17.4 Å². The molecule has 0 saturated heterocycles. The Hall–Kier alpha value is -1.33. The minimum atomic E-state index is -0.766. The third kappa shape index (κ3) is 3.86. The second kappa shape index (κ2) is 7.09. The van der Waals surface area contributed by atoms with E-state index in [2.05, 4.69) is 15.9 Å². The van der Waals surface area contributed by atoms with Crippen molar-refractivity contribution in [1.82, 2.24) is 0 Å². The highest BCUT2D eigenvalue weighted by atomic mass is 79.9. The van der Waals surface area contributed by atoms with Crippen LogP contribution in [-0.4, -0.2) is 7.11 Å². The predicted octanol–water partition coefficient (Wildman–Crippen LogP) is 5.05. The molecule has 0 radical (unpaired) electrons. The first-order valence-electron chi connectivity index (χ1n) is 6.04. The molecule has 0 aliphatic carbocycles. The van der Waals surface area contributed by atoms with E-state index in [-0.39, 0.29) is 12.5 Å². The van der Waals surface area contributed by atoms with Crippen LogP contribution in [0.25, 0.3) is 0 Å². The van der Waals surface area contributed by atoms with E-state index in [9.17, 15) is 8.78 Å². The van der Waals surface area contributed by atoms with Crippen molar-refractivity contribution >= 4 is 27.5 Å². The highest BCUT2D eigenvalue weighted by molar-refractivity contribution is 9.10. The normalized spacial score (nSPS) is 10.5. The van der Waals surface area contributed by atoms with E-state index in [1.165, 1.54) is 0 Å². The Morgan fingerprint density at radius 3 is 2.29 bits per heavy atom. The molecule has 2 nitrogen and oxygen atoms in total. The quantitative estimate of drug-likeness (QED) is 0.679. The van der Waals surface area contributed by atoms with Gasteiger partial charge in [-0.15, -0.1) is 11.6 Å². The lowest BCUT2D eigenvalue weighted by atomic mass is 10.2. The fourth-order valence-corrected chi connectivity index (χ4v) is 2.52. The average Bonchev–Trinajstić information content (AvgIpc) is 2.46. The summed E-state index contributed by atoms with van der Waals surface area (Å²) in [6.07, 6.45) is 0. The van der Waals surface area contributed by atoms with Crippen molar-refractivity contribution in [3.05, 3.63) is 57.6 Å². The second-order valence-corrected chi connectivity index (χ2v) is 5.40. The lowest BCUT2D eigenvalue weighted by molar-refractivity contribution is 0.273. The van der Waals surface area contributed by atoms with Crippen LogP contribution < -0.4 is 9.47 Å². The molecule has 0 unspecified atom stereocenters. The van der Waals surface area contributed by atoms with Gasteiger partial charge in [-0.25, -0.2) is 8.78 Å². The minimum Gasteiger partial charge on any atom is -0.496 e. The molecule has 0 spiro atoms. The lowest BCUT2D eigenvalue weighted by Gasteiger charge is -2.11. The average molecular weight is 378 g/mol. The molecular formula is C15H12BrClF2O2. The van der Waals surface area contributed by atoms with Crippen LogP contribution in [0.2, 0.25) is 0 Å². The number of ether oxygens (including phenoxy) is 2. The fraction of sp³-hybridized carbons (Fsp3) is 0.200. The van der Waals surface area contributed by atoms with Crippen LogP contribution in [0.4, 0.5) is 8.78 Å². The van der Waals surface area contributed by atoms with Crippen LogP contribution >= 0.6 is 27.5 Å². The number of rotatable bonds is 5. The van der Waals surface area contributed by atoms with Gasteiger partial charge in [-0.3, -0.25) is 0 Å². The smallest absolute Gasteiger partial charge is 0.191 e. The second-order valence-electron chi connectivity index (χ2n) is 4.28. The van der Waals surface area contributed by atoms with Gasteiger partial charge >= 0.3 is 0 Å². The zero-order valence-electron chi connectivity index (χ0n) is 11.1. The largest absolute Gasteiger partial charge is 0.496 e. The van der Waals surface area contributed by atoms with Crippen LogP contribution in [-0.2, 0) is 12.5 Å². The summed E-state index contributed by atoms with van der Waals surface area (Å²) in [4.78, 5) is 0. The van der Waals surface area contributed by atoms with Crippen LogP contribution in [0.3, 0.4) is 0 Å². The van der Waals surface area contributed by atoms with Crippen molar-refractivity contribution in [3.63, 3.8) is 0 Å². The number of hydrogen-bond acceptors (Lipinski definition) is 2. The van der Waals surface area contributed by atoms with Gasteiger partial charge in [-0.05, 0) is 51.3 Å². The molecule has 112 valence electrons. The van der Waals surface area contributed by atoms with Crippen LogP contribution in [0.5, 0.6) is 11.5 Å². The Kier molecular flexibility index (Phi) is 5.42. The molecule has 0 amide bonds. The topological polar surface area (TPSA) is 18.5 Å². The van der Waals surface area contributed by atoms with E-state index in [1.54, 1.807) is 25.3 Å². The van der Waals surface area contributed by atoms with Crippen molar-refractivity contribution in [2.24, 2.45) is 0 Å². The third-order valence-electron chi connectivity index (χ3n) is 2.81. The summed E-state index contributed by atoms with van der Waals surface area (Å²) in [6, 6.07) is 7.59. The van der Waals surface area contributed by atoms with Crippen LogP contribution in [0, 0.1) is 11.6 Å². The van der Waals surface area contributed by atoms with E-state index in [4.69, 9.17) is 21.1 Å². The van der Waals surface area contributed by atoms with Gasteiger partial charge in [0.25, 0.3) is 0 Å². The zero-order chi connectivity index (χ0) is 15.4. The van der Waals surface area contributed by atoms with Crippen molar-refractivity contribution < 1.29 is 18.3 Å². The molecule has 2 aromatic rings.